The standard InChI is InChI=1S/C23H24N2O2/c1-17-13-14-21(27-2)20(15-17)25-23(26)22(19-11-7-4-8-12-19)24-16-18-9-5-3-6-10-18/h3-15,22,24H,16H2,1-2H3,(H,25,26)/p+1/t22-/m0/s1. The van der Waals surface area contributed by atoms with Gasteiger partial charge in [-0.1, -0.05) is 66.7 Å². The van der Waals surface area contributed by atoms with Crippen molar-refractivity contribution >= 4 is 11.6 Å². The van der Waals surface area contributed by atoms with Crippen molar-refractivity contribution < 1.29 is 14.8 Å². The van der Waals surface area contributed by atoms with Crippen LogP contribution in [0.2, 0.25) is 0 Å². The van der Waals surface area contributed by atoms with E-state index in [1.807, 2.05) is 73.7 Å². The zero-order valence-electron chi connectivity index (χ0n) is 15.7. The van der Waals surface area contributed by atoms with Crippen LogP contribution in [0, 0.1) is 6.92 Å². The molecule has 3 N–H and O–H groups in total. The summed E-state index contributed by atoms with van der Waals surface area (Å²) in [6.07, 6.45) is 0. The van der Waals surface area contributed by atoms with Crippen molar-refractivity contribution in [2.45, 2.75) is 19.5 Å². The fourth-order valence-corrected chi connectivity index (χ4v) is 3.05. The molecule has 0 aliphatic rings. The third-order valence-electron chi connectivity index (χ3n) is 4.49. The maximum Gasteiger partial charge on any atom is 0.287 e. The third-order valence-corrected chi connectivity index (χ3v) is 4.49. The Labute approximate surface area is 160 Å². The molecule has 0 unspecified atom stereocenters. The number of quaternary nitrogens is 1. The Balaban J connectivity index is 1.82. The van der Waals surface area contributed by atoms with Gasteiger partial charge in [0.1, 0.15) is 12.3 Å². The van der Waals surface area contributed by atoms with E-state index in [9.17, 15) is 4.79 Å². The first kappa shape index (κ1) is 18.7. The summed E-state index contributed by atoms with van der Waals surface area (Å²) in [5, 5.41) is 5.10. The Bertz CT molecular complexity index is 879. The van der Waals surface area contributed by atoms with Crippen LogP contribution in [0.25, 0.3) is 0 Å². The van der Waals surface area contributed by atoms with Gasteiger partial charge in [-0.15, -0.1) is 0 Å². The molecule has 0 aliphatic heterocycles. The summed E-state index contributed by atoms with van der Waals surface area (Å²) in [5.41, 5.74) is 3.91. The zero-order chi connectivity index (χ0) is 19.1. The van der Waals surface area contributed by atoms with Crippen molar-refractivity contribution in [3.8, 4) is 5.75 Å². The second-order valence-electron chi connectivity index (χ2n) is 6.51. The second kappa shape index (κ2) is 9.01. The molecule has 4 nitrogen and oxygen atoms in total. The van der Waals surface area contributed by atoms with E-state index in [1.54, 1.807) is 7.11 Å². The summed E-state index contributed by atoms with van der Waals surface area (Å²) in [6.45, 7) is 2.71. The Morgan fingerprint density at radius 2 is 1.67 bits per heavy atom. The SMILES string of the molecule is COc1ccc(C)cc1NC(=O)[C@@H]([NH2+]Cc1ccccc1)c1ccccc1. The predicted octanol–water partition coefficient (Wildman–Crippen LogP) is 3.45. The molecule has 27 heavy (non-hydrogen) atoms. The molecule has 1 atom stereocenters. The van der Waals surface area contributed by atoms with Crippen molar-refractivity contribution in [1.29, 1.82) is 0 Å². The smallest absolute Gasteiger partial charge is 0.287 e. The highest BCUT2D eigenvalue weighted by atomic mass is 16.5. The lowest BCUT2D eigenvalue weighted by atomic mass is 10.1. The molecule has 1 amide bonds. The van der Waals surface area contributed by atoms with Crippen LogP contribution in [-0.4, -0.2) is 13.0 Å². The quantitative estimate of drug-likeness (QED) is 0.677. The molecule has 4 heteroatoms. The van der Waals surface area contributed by atoms with Crippen LogP contribution in [0.1, 0.15) is 22.7 Å². The van der Waals surface area contributed by atoms with Gasteiger partial charge < -0.3 is 15.4 Å². The van der Waals surface area contributed by atoms with Crippen molar-refractivity contribution in [2.24, 2.45) is 0 Å². The van der Waals surface area contributed by atoms with E-state index >= 15 is 0 Å². The van der Waals surface area contributed by atoms with E-state index in [1.165, 1.54) is 5.56 Å². The van der Waals surface area contributed by atoms with Gasteiger partial charge in [-0.25, -0.2) is 0 Å². The second-order valence-corrected chi connectivity index (χ2v) is 6.51. The van der Waals surface area contributed by atoms with Gasteiger partial charge in [-0.05, 0) is 24.6 Å². The number of hydrogen-bond acceptors (Lipinski definition) is 2. The molecule has 0 saturated carbocycles. The number of anilines is 1. The first-order chi connectivity index (χ1) is 13.2. The zero-order valence-corrected chi connectivity index (χ0v) is 15.7. The molecule has 3 rings (SSSR count). The highest BCUT2D eigenvalue weighted by Crippen LogP contribution is 2.26. The number of nitrogens with one attached hydrogen (secondary N) is 1. The molecule has 0 aliphatic carbocycles. The van der Waals surface area contributed by atoms with Gasteiger partial charge in [0.25, 0.3) is 5.91 Å². The number of amides is 1. The summed E-state index contributed by atoms with van der Waals surface area (Å²) in [4.78, 5) is 13.1. The maximum atomic E-state index is 13.1. The molecular formula is C23H25N2O2+. The first-order valence-electron chi connectivity index (χ1n) is 9.05. The number of aryl methyl sites for hydroxylation is 1. The highest BCUT2D eigenvalue weighted by Gasteiger charge is 2.25. The number of carbonyl (C=O) groups is 1. The van der Waals surface area contributed by atoms with Crippen LogP contribution in [-0.2, 0) is 11.3 Å². The van der Waals surface area contributed by atoms with Gasteiger partial charge in [0.15, 0.2) is 6.04 Å². The topological polar surface area (TPSA) is 54.9 Å². The van der Waals surface area contributed by atoms with Gasteiger partial charge in [-0.3, -0.25) is 4.79 Å². The number of ether oxygens (including phenoxy) is 1. The average molecular weight is 361 g/mol. The minimum absolute atomic E-state index is 0.0685. The van der Waals surface area contributed by atoms with E-state index in [0.29, 0.717) is 11.4 Å². The van der Waals surface area contributed by atoms with E-state index < -0.39 is 0 Å². The molecule has 3 aromatic carbocycles. The number of carbonyl (C=O) groups excluding carboxylic acids is 1. The molecule has 0 bridgehead atoms. The summed E-state index contributed by atoms with van der Waals surface area (Å²) >= 11 is 0. The summed E-state index contributed by atoms with van der Waals surface area (Å²) in [5.74, 6) is 0.588. The van der Waals surface area contributed by atoms with Crippen molar-refractivity contribution in [2.75, 3.05) is 12.4 Å². The van der Waals surface area contributed by atoms with Crippen LogP contribution >= 0.6 is 0 Å². The Kier molecular flexibility index (Phi) is 6.23. The largest absolute Gasteiger partial charge is 0.495 e. The van der Waals surface area contributed by atoms with Gasteiger partial charge in [0, 0.05) is 11.1 Å². The number of nitrogens with two attached hydrogens (primary N) is 1. The fourth-order valence-electron chi connectivity index (χ4n) is 3.05. The summed E-state index contributed by atoms with van der Waals surface area (Å²) in [7, 11) is 1.61. The average Bonchev–Trinajstić information content (AvgIpc) is 2.70. The minimum Gasteiger partial charge on any atom is -0.495 e. The monoisotopic (exact) mass is 361 g/mol. The summed E-state index contributed by atoms with van der Waals surface area (Å²) in [6, 6.07) is 25.4. The van der Waals surface area contributed by atoms with Crippen molar-refractivity contribution in [3.63, 3.8) is 0 Å². The molecule has 0 fully saturated rings. The molecule has 0 radical (unpaired) electrons. The van der Waals surface area contributed by atoms with E-state index in [-0.39, 0.29) is 11.9 Å². The lowest BCUT2D eigenvalue weighted by Crippen LogP contribution is -2.85. The highest BCUT2D eigenvalue weighted by molar-refractivity contribution is 5.95. The number of rotatable bonds is 7. The van der Waals surface area contributed by atoms with Crippen LogP contribution in [0.3, 0.4) is 0 Å². The van der Waals surface area contributed by atoms with Gasteiger partial charge >= 0.3 is 0 Å². The van der Waals surface area contributed by atoms with Gasteiger partial charge in [0.2, 0.25) is 0 Å². The predicted molar refractivity (Wildman–Crippen MR) is 108 cm³/mol. The Morgan fingerprint density at radius 3 is 2.33 bits per heavy atom. The molecule has 0 aromatic heterocycles. The molecule has 0 spiro atoms. The lowest BCUT2D eigenvalue weighted by Gasteiger charge is -2.17. The van der Waals surface area contributed by atoms with Crippen molar-refractivity contribution in [1.82, 2.24) is 0 Å². The van der Waals surface area contributed by atoms with E-state index in [0.717, 1.165) is 17.7 Å². The van der Waals surface area contributed by atoms with Crippen LogP contribution < -0.4 is 15.4 Å². The molecule has 3 aromatic rings. The number of hydrogen-bond donors (Lipinski definition) is 2. The minimum atomic E-state index is -0.350. The van der Waals surface area contributed by atoms with Crippen LogP contribution in [0.5, 0.6) is 5.75 Å². The molecule has 0 saturated heterocycles. The molecule has 0 heterocycles. The Hall–Kier alpha value is -3.11. The number of benzene rings is 3. The fraction of sp³-hybridized carbons (Fsp3) is 0.174. The van der Waals surface area contributed by atoms with Crippen LogP contribution in [0.15, 0.2) is 78.9 Å². The normalized spacial score (nSPS) is 11.6. The van der Waals surface area contributed by atoms with Crippen LogP contribution in [0.4, 0.5) is 5.69 Å². The maximum absolute atomic E-state index is 13.1. The van der Waals surface area contributed by atoms with Gasteiger partial charge in [-0.2, -0.15) is 0 Å². The lowest BCUT2D eigenvalue weighted by molar-refractivity contribution is -0.697. The number of methoxy groups -OCH3 is 1. The van der Waals surface area contributed by atoms with E-state index in [2.05, 4.69) is 22.8 Å². The Morgan fingerprint density at radius 1 is 1.00 bits per heavy atom. The first-order valence-corrected chi connectivity index (χ1v) is 9.05. The van der Waals surface area contributed by atoms with Gasteiger partial charge in [0.05, 0.1) is 12.8 Å². The molecule has 138 valence electrons. The molecular weight excluding hydrogens is 336 g/mol. The summed E-state index contributed by atoms with van der Waals surface area (Å²) < 4.78 is 5.39. The third kappa shape index (κ3) is 4.96. The van der Waals surface area contributed by atoms with Crippen molar-refractivity contribution in [3.05, 3.63) is 95.6 Å². The van der Waals surface area contributed by atoms with E-state index in [4.69, 9.17) is 4.74 Å².